The molecule has 132 valence electrons. The van der Waals surface area contributed by atoms with E-state index in [-0.39, 0.29) is 16.1 Å². The maximum absolute atomic E-state index is 11.6. The highest BCUT2D eigenvalue weighted by molar-refractivity contribution is 6.33. The summed E-state index contributed by atoms with van der Waals surface area (Å²) in [5.74, 6) is -0.728. The molecule has 0 aliphatic heterocycles. The standard InChI is InChI=1S/C18H13ClN2O5/c1-25-16-8-14-11(7-12(16)17(20)22)15(4-5-21-14)26-9-2-3-10(18(23)24)13(19)6-9/h2-8H,1H3,(H2,20,22)(H,23,24). The summed E-state index contributed by atoms with van der Waals surface area (Å²) in [6, 6.07) is 8.96. The van der Waals surface area contributed by atoms with Gasteiger partial charge in [0.25, 0.3) is 5.91 Å². The summed E-state index contributed by atoms with van der Waals surface area (Å²) in [5, 5.41) is 9.62. The van der Waals surface area contributed by atoms with Crippen molar-refractivity contribution in [1.82, 2.24) is 4.98 Å². The maximum Gasteiger partial charge on any atom is 0.337 e. The predicted octanol–water partition coefficient (Wildman–Crippen LogP) is 3.49. The van der Waals surface area contributed by atoms with E-state index in [1.54, 1.807) is 12.1 Å². The van der Waals surface area contributed by atoms with E-state index in [0.717, 1.165) is 0 Å². The molecule has 2 aromatic carbocycles. The number of nitrogens with zero attached hydrogens (tertiary/aromatic N) is 1. The van der Waals surface area contributed by atoms with Gasteiger partial charge in [0.15, 0.2) is 0 Å². The Kier molecular flexibility index (Phi) is 4.64. The number of carbonyl (C=O) groups is 2. The molecular formula is C18H13ClN2O5. The minimum Gasteiger partial charge on any atom is -0.496 e. The summed E-state index contributed by atoms with van der Waals surface area (Å²) in [4.78, 5) is 26.9. The molecule has 26 heavy (non-hydrogen) atoms. The van der Waals surface area contributed by atoms with E-state index in [9.17, 15) is 9.59 Å². The Morgan fingerprint density at radius 2 is 1.88 bits per heavy atom. The van der Waals surface area contributed by atoms with Crippen LogP contribution in [0.2, 0.25) is 5.02 Å². The number of rotatable bonds is 5. The molecule has 0 aliphatic rings. The van der Waals surface area contributed by atoms with Gasteiger partial charge in [-0.1, -0.05) is 11.6 Å². The Bertz CT molecular complexity index is 1040. The van der Waals surface area contributed by atoms with Crippen molar-refractivity contribution in [2.24, 2.45) is 5.73 Å². The molecule has 0 fully saturated rings. The van der Waals surface area contributed by atoms with Gasteiger partial charge in [-0.2, -0.15) is 0 Å². The Morgan fingerprint density at radius 1 is 1.12 bits per heavy atom. The topological polar surface area (TPSA) is 112 Å². The summed E-state index contributed by atoms with van der Waals surface area (Å²) in [6.45, 7) is 0. The monoisotopic (exact) mass is 372 g/mol. The van der Waals surface area contributed by atoms with Crippen molar-refractivity contribution >= 4 is 34.4 Å². The first-order valence-electron chi connectivity index (χ1n) is 7.38. The molecule has 0 bridgehead atoms. The lowest BCUT2D eigenvalue weighted by molar-refractivity contribution is 0.0697. The molecule has 0 saturated heterocycles. The number of fused-ring (bicyclic) bond motifs is 1. The van der Waals surface area contributed by atoms with Crippen LogP contribution >= 0.6 is 11.6 Å². The lowest BCUT2D eigenvalue weighted by Crippen LogP contribution is -2.12. The molecule has 3 N–H and O–H groups in total. The van der Waals surface area contributed by atoms with Gasteiger partial charge in [-0.3, -0.25) is 9.78 Å². The summed E-state index contributed by atoms with van der Waals surface area (Å²) in [7, 11) is 1.43. The van der Waals surface area contributed by atoms with Gasteiger partial charge >= 0.3 is 5.97 Å². The zero-order valence-electron chi connectivity index (χ0n) is 13.5. The molecule has 1 amide bonds. The van der Waals surface area contributed by atoms with Crippen LogP contribution in [0.5, 0.6) is 17.2 Å². The Balaban J connectivity index is 2.08. The Morgan fingerprint density at radius 3 is 2.50 bits per heavy atom. The average molecular weight is 373 g/mol. The van der Waals surface area contributed by atoms with Gasteiger partial charge in [-0.05, 0) is 24.3 Å². The van der Waals surface area contributed by atoms with Gasteiger partial charge in [0.1, 0.15) is 17.2 Å². The number of carbonyl (C=O) groups excluding carboxylic acids is 1. The van der Waals surface area contributed by atoms with Crippen molar-refractivity contribution in [2.45, 2.75) is 0 Å². The van der Waals surface area contributed by atoms with E-state index < -0.39 is 11.9 Å². The molecule has 3 aromatic rings. The summed E-state index contributed by atoms with van der Waals surface area (Å²) in [6.07, 6.45) is 1.54. The van der Waals surface area contributed by atoms with Gasteiger partial charge in [0.2, 0.25) is 0 Å². The number of hydrogen-bond acceptors (Lipinski definition) is 5. The number of aromatic carboxylic acids is 1. The number of carboxylic acid groups (broad SMARTS) is 1. The first-order chi connectivity index (χ1) is 12.4. The predicted molar refractivity (Wildman–Crippen MR) is 95.3 cm³/mol. The smallest absolute Gasteiger partial charge is 0.337 e. The van der Waals surface area contributed by atoms with Gasteiger partial charge < -0.3 is 20.3 Å². The quantitative estimate of drug-likeness (QED) is 0.709. The third-order valence-corrected chi connectivity index (χ3v) is 4.00. The molecule has 8 heteroatoms. The summed E-state index contributed by atoms with van der Waals surface area (Å²) < 4.78 is 11.0. The fraction of sp³-hybridized carbons (Fsp3) is 0.0556. The molecule has 1 aromatic heterocycles. The third-order valence-electron chi connectivity index (χ3n) is 3.69. The molecule has 0 unspecified atom stereocenters. The molecule has 0 spiro atoms. The molecule has 0 radical (unpaired) electrons. The van der Waals surface area contributed by atoms with E-state index in [2.05, 4.69) is 4.98 Å². The van der Waals surface area contributed by atoms with Crippen LogP contribution in [0, 0.1) is 0 Å². The van der Waals surface area contributed by atoms with Crippen LogP contribution < -0.4 is 15.2 Å². The second kappa shape index (κ2) is 6.89. The number of nitrogens with two attached hydrogens (primary N) is 1. The molecule has 1 heterocycles. The molecule has 0 saturated carbocycles. The van der Waals surface area contributed by atoms with E-state index in [4.69, 9.17) is 31.9 Å². The number of ether oxygens (including phenoxy) is 2. The van der Waals surface area contributed by atoms with Crippen LogP contribution in [0.4, 0.5) is 0 Å². The van der Waals surface area contributed by atoms with Crippen molar-refractivity contribution in [3.8, 4) is 17.2 Å². The van der Waals surface area contributed by atoms with Crippen LogP contribution in [-0.4, -0.2) is 29.1 Å². The van der Waals surface area contributed by atoms with Crippen LogP contribution in [0.1, 0.15) is 20.7 Å². The summed E-state index contributed by atoms with van der Waals surface area (Å²) >= 11 is 5.96. The van der Waals surface area contributed by atoms with Crippen molar-refractivity contribution in [2.75, 3.05) is 7.11 Å². The largest absolute Gasteiger partial charge is 0.496 e. The number of primary amides is 1. The summed E-state index contributed by atoms with van der Waals surface area (Å²) in [5.41, 5.74) is 6.10. The molecule has 7 nitrogen and oxygen atoms in total. The van der Waals surface area contributed by atoms with Crippen LogP contribution in [-0.2, 0) is 0 Å². The lowest BCUT2D eigenvalue weighted by atomic mass is 10.1. The van der Waals surface area contributed by atoms with E-state index in [0.29, 0.717) is 28.2 Å². The number of amides is 1. The fourth-order valence-electron chi connectivity index (χ4n) is 2.46. The number of benzene rings is 2. The number of methoxy groups -OCH3 is 1. The highest BCUT2D eigenvalue weighted by Gasteiger charge is 2.15. The second-order valence-electron chi connectivity index (χ2n) is 5.29. The Labute approximate surface area is 152 Å². The number of aromatic nitrogens is 1. The second-order valence-corrected chi connectivity index (χ2v) is 5.70. The van der Waals surface area contributed by atoms with Crippen molar-refractivity contribution in [3.05, 3.63) is 58.7 Å². The molecule has 3 rings (SSSR count). The van der Waals surface area contributed by atoms with Crippen molar-refractivity contribution in [1.29, 1.82) is 0 Å². The number of halogens is 1. The van der Waals surface area contributed by atoms with Gasteiger partial charge in [0, 0.05) is 23.7 Å². The van der Waals surface area contributed by atoms with Gasteiger partial charge in [-0.15, -0.1) is 0 Å². The van der Waals surface area contributed by atoms with Gasteiger partial charge in [-0.25, -0.2) is 4.79 Å². The van der Waals surface area contributed by atoms with Crippen LogP contribution in [0.25, 0.3) is 10.9 Å². The third kappa shape index (κ3) is 3.25. The molecule has 0 atom stereocenters. The highest BCUT2D eigenvalue weighted by atomic mass is 35.5. The van der Waals surface area contributed by atoms with Crippen molar-refractivity contribution < 1.29 is 24.2 Å². The van der Waals surface area contributed by atoms with Crippen LogP contribution in [0.3, 0.4) is 0 Å². The van der Waals surface area contributed by atoms with E-state index in [1.165, 1.54) is 37.6 Å². The zero-order chi connectivity index (χ0) is 18.8. The molecular weight excluding hydrogens is 360 g/mol. The first kappa shape index (κ1) is 17.5. The lowest BCUT2D eigenvalue weighted by Gasteiger charge is -2.12. The highest BCUT2D eigenvalue weighted by Crippen LogP contribution is 2.34. The van der Waals surface area contributed by atoms with Crippen LogP contribution in [0.15, 0.2) is 42.6 Å². The van der Waals surface area contributed by atoms with E-state index in [1.807, 2.05) is 0 Å². The molecule has 0 aliphatic carbocycles. The zero-order valence-corrected chi connectivity index (χ0v) is 14.3. The minimum atomic E-state index is -1.13. The maximum atomic E-state index is 11.6. The number of hydrogen-bond donors (Lipinski definition) is 2. The minimum absolute atomic E-state index is 0.0284. The number of pyridine rings is 1. The average Bonchev–Trinajstić information content (AvgIpc) is 2.60. The Hall–Kier alpha value is -3.32. The number of carboxylic acids is 1. The normalized spacial score (nSPS) is 10.5. The SMILES string of the molecule is COc1cc2nccc(Oc3ccc(C(=O)O)c(Cl)c3)c2cc1C(N)=O. The van der Waals surface area contributed by atoms with Gasteiger partial charge in [0.05, 0.1) is 28.8 Å². The van der Waals surface area contributed by atoms with E-state index >= 15 is 0 Å². The first-order valence-corrected chi connectivity index (χ1v) is 7.75. The fourth-order valence-corrected chi connectivity index (χ4v) is 2.71. The van der Waals surface area contributed by atoms with Crippen molar-refractivity contribution in [3.63, 3.8) is 0 Å².